The van der Waals surface area contributed by atoms with E-state index in [1.165, 1.54) is 12.0 Å². The third kappa shape index (κ3) is 5.52. The molecule has 1 rings (SSSR count). The van der Waals surface area contributed by atoms with E-state index in [4.69, 9.17) is 10.5 Å². The van der Waals surface area contributed by atoms with E-state index in [-0.39, 0.29) is 0 Å². The maximum Gasteiger partial charge on any atom is 0.119 e. The third-order valence-corrected chi connectivity index (χ3v) is 3.32. The van der Waals surface area contributed by atoms with E-state index < -0.39 is 0 Å². The van der Waals surface area contributed by atoms with Crippen molar-refractivity contribution in [3.8, 4) is 5.75 Å². The number of hydrogen-bond acceptors (Lipinski definition) is 3. The molecule has 2 N–H and O–H groups in total. The van der Waals surface area contributed by atoms with Crippen LogP contribution < -0.4 is 10.5 Å². The molecule has 1 aromatic rings. The number of ether oxygens (including phenoxy) is 1. The summed E-state index contributed by atoms with van der Waals surface area (Å²) < 4.78 is 5.23. The van der Waals surface area contributed by atoms with Crippen LogP contribution in [0, 0.1) is 5.92 Å². The molecule has 3 nitrogen and oxygen atoms in total. The fourth-order valence-electron chi connectivity index (χ4n) is 1.82. The molecule has 0 aliphatic heterocycles. The first-order valence-corrected chi connectivity index (χ1v) is 6.67. The molecule has 0 saturated carbocycles. The topological polar surface area (TPSA) is 38.5 Å². The van der Waals surface area contributed by atoms with Crippen LogP contribution in [0.4, 0.5) is 0 Å². The minimum atomic E-state index is 0.615. The molecule has 0 aromatic heterocycles. The fraction of sp³-hybridized carbons (Fsp3) is 0.600. The fourth-order valence-corrected chi connectivity index (χ4v) is 1.82. The smallest absolute Gasteiger partial charge is 0.119 e. The number of methoxy groups -OCH3 is 1. The standard InChI is InChI=1S/C15H26N2O/c1-13(12-16)7-9-17(2)10-8-14-5-4-6-15(11-14)18-3/h4-6,11,13H,7-10,12,16H2,1-3H3. The van der Waals surface area contributed by atoms with E-state index in [1.54, 1.807) is 7.11 Å². The molecule has 102 valence electrons. The van der Waals surface area contributed by atoms with Gasteiger partial charge in [-0.3, -0.25) is 0 Å². The normalized spacial score (nSPS) is 12.7. The lowest BCUT2D eigenvalue weighted by atomic mass is 10.1. The van der Waals surface area contributed by atoms with Crippen molar-refractivity contribution in [2.24, 2.45) is 11.7 Å². The maximum atomic E-state index is 5.62. The van der Waals surface area contributed by atoms with Gasteiger partial charge in [0, 0.05) is 6.54 Å². The van der Waals surface area contributed by atoms with Crippen LogP contribution in [-0.2, 0) is 6.42 Å². The molecule has 1 aromatic carbocycles. The van der Waals surface area contributed by atoms with Crippen molar-refractivity contribution in [1.29, 1.82) is 0 Å². The second-order valence-electron chi connectivity index (χ2n) is 5.03. The Bertz CT molecular complexity index is 341. The van der Waals surface area contributed by atoms with Gasteiger partial charge in [0.1, 0.15) is 5.75 Å². The first kappa shape index (κ1) is 15.0. The van der Waals surface area contributed by atoms with Gasteiger partial charge >= 0.3 is 0 Å². The van der Waals surface area contributed by atoms with E-state index in [2.05, 4.69) is 31.0 Å². The van der Waals surface area contributed by atoms with Crippen molar-refractivity contribution in [1.82, 2.24) is 4.90 Å². The molecule has 0 fully saturated rings. The summed E-state index contributed by atoms with van der Waals surface area (Å²) in [4.78, 5) is 2.37. The highest BCUT2D eigenvalue weighted by Crippen LogP contribution is 2.13. The number of nitrogens with zero attached hydrogens (tertiary/aromatic N) is 1. The van der Waals surface area contributed by atoms with Crippen molar-refractivity contribution in [2.45, 2.75) is 19.8 Å². The van der Waals surface area contributed by atoms with Crippen LogP contribution in [0.25, 0.3) is 0 Å². The van der Waals surface area contributed by atoms with Gasteiger partial charge in [-0.2, -0.15) is 0 Å². The molecule has 0 bridgehead atoms. The summed E-state index contributed by atoms with van der Waals surface area (Å²) in [7, 11) is 3.88. The Hall–Kier alpha value is -1.06. The van der Waals surface area contributed by atoms with Gasteiger partial charge in [-0.15, -0.1) is 0 Å². The Kier molecular flexibility index (Phi) is 6.76. The first-order chi connectivity index (χ1) is 8.65. The minimum Gasteiger partial charge on any atom is -0.497 e. The second-order valence-corrected chi connectivity index (χ2v) is 5.03. The Labute approximate surface area is 111 Å². The maximum absolute atomic E-state index is 5.62. The predicted octanol–water partition coefficient (Wildman–Crippen LogP) is 2.15. The van der Waals surface area contributed by atoms with Crippen molar-refractivity contribution in [3.05, 3.63) is 29.8 Å². The molecule has 0 spiro atoms. The van der Waals surface area contributed by atoms with Crippen LogP contribution in [0.2, 0.25) is 0 Å². The lowest BCUT2D eigenvalue weighted by Gasteiger charge is -2.18. The number of rotatable bonds is 8. The summed E-state index contributed by atoms with van der Waals surface area (Å²) in [5.74, 6) is 1.55. The molecule has 1 atom stereocenters. The summed E-state index contributed by atoms with van der Waals surface area (Å²) >= 11 is 0. The number of nitrogens with two attached hydrogens (primary N) is 1. The minimum absolute atomic E-state index is 0.615. The molecule has 1 unspecified atom stereocenters. The van der Waals surface area contributed by atoms with Crippen LogP contribution in [0.15, 0.2) is 24.3 Å². The molecule has 0 aliphatic rings. The summed E-state index contributed by atoms with van der Waals surface area (Å²) in [6.45, 7) is 5.17. The Morgan fingerprint density at radius 2 is 2.11 bits per heavy atom. The summed E-state index contributed by atoms with van der Waals surface area (Å²) in [5.41, 5.74) is 6.95. The van der Waals surface area contributed by atoms with Crippen molar-refractivity contribution in [2.75, 3.05) is 33.8 Å². The lowest BCUT2D eigenvalue weighted by molar-refractivity contribution is 0.310. The zero-order valence-corrected chi connectivity index (χ0v) is 11.9. The van der Waals surface area contributed by atoms with Gasteiger partial charge in [-0.25, -0.2) is 0 Å². The van der Waals surface area contributed by atoms with E-state index in [9.17, 15) is 0 Å². The molecule has 0 amide bonds. The predicted molar refractivity (Wildman–Crippen MR) is 77.0 cm³/mol. The van der Waals surface area contributed by atoms with E-state index >= 15 is 0 Å². The third-order valence-electron chi connectivity index (χ3n) is 3.32. The highest BCUT2D eigenvalue weighted by molar-refractivity contribution is 5.28. The number of likely N-dealkylation sites (N-methyl/N-ethyl adjacent to an activating group) is 1. The van der Waals surface area contributed by atoms with E-state index in [1.807, 2.05) is 12.1 Å². The quantitative estimate of drug-likeness (QED) is 0.768. The van der Waals surface area contributed by atoms with E-state index in [0.717, 1.165) is 31.8 Å². The monoisotopic (exact) mass is 250 g/mol. The van der Waals surface area contributed by atoms with Crippen molar-refractivity contribution in [3.63, 3.8) is 0 Å². The zero-order valence-electron chi connectivity index (χ0n) is 11.9. The largest absolute Gasteiger partial charge is 0.497 e. The van der Waals surface area contributed by atoms with Gasteiger partial charge in [-0.1, -0.05) is 19.1 Å². The van der Waals surface area contributed by atoms with Gasteiger partial charge in [0.15, 0.2) is 0 Å². The Morgan fingerprint density at radius 1 is 1.33 bits per heavy atom. The van der Waals surface area contributed by atoms with Gasteiger partial charge < -0.3 is 15.4 Å². The van der Waals surface area contributed by atoms with Crippen LogP contribution in [0.5, 0.6) is 5.75 Å². The summed E-state index contributed by atoms with van der Waals surface area (Å²) in [6.07, 6.45) is 2.23. The van der Waals surface area contributed by atoms with Crippen LogP contribution >= 0.6 is 0 Å². The lowest BCUT2D eigenvalue weighted by Crippen LogP contribution is -2.25. The highest BCUT2D eigenvalue weighted by atomic mass is 16.5. The molecular weight excluding hydrogens is 224 g/mol. The Morgan fingerprint density at radius 3 is 2.78 bits per heavy atom. The summed E-state index contributed by atoms with van der Waals surface area (Å²) in [6, 6.07) is 8.29. The second kappa shape index (κ2) is 8.11. The molecule has 0 radical (unpaired) electrons. The number of hydrogen-bond donors (Lipinski definition) is 1. The average Bonchev–Trinajstić information content (AvgIpc) is 2.42. The van der Waals surface area contributed by atoms with Crippen LogP contribution in [0.3, 0.4) is 0 Å². The van der Waals surface area contributed by atoms with Gasteiger partial charge in [-0.05, 0) is 56.6 Å². The molecule has 3 heteroatoms. The SMILES string of the molecule is COc1cccc(CCN(C)CCC(C)CN)c1. The molecule has 18 heavy (non-hydrogen) atoms. The average molecular weight is 250 g/mol. The highest BCUT2D eigenvalue weighted by Gasteiger charge is 2.03. The van der Waals surface area contributed by atoms with Gasteiger partial charge in [0.25, 0.3) is 0 Å². The van der Waals surface area contributed by atoms with Gasteiger partial charge in [0.05, 0.1) is 7.11 Å². The summed E-state index contributed by atoms with van der Waals surface area (Å²) in [5, 5.41) is 0. The van der Waals surface area contributed by atoms with Crippen LogP contribution in [0.1, 0.15) is 18.9 Å². The molecule has 0 saturated heterocycles. The first-order valence-electron chi connectivity index (χ1n) is 6.67. The number of benzene rings is 1. The van der Waals surface area contributed by atoms with E-state index in [0.29, 0.717) is 5.92 Å². The van der Waals surface area contributed by atoms with Crippen molar-refractivity contribution >= 4 is 0 Å². The Balaban J connectivity index is 2.30. The van der Waals surface area contributed by atoms with Crippen LogP contribution in [-0.4, -0.2) is 38.7 Å². The zero-order chi connectivity index (χ0) is 13.4. The van der Waals surface area contributed by atoms with Gasteiger partial charge in [0.2, 0.25) is 0 Å². The molecular formula is C15H26N2O. The molecule has 0 aliphatic carbocycles. The molecule has 0 heterocycles. The van der Waals surface area contributed by atoms with Crippen molar-refractivity contribution < 1.29 is 4.74 Å².